The van der Waals surface area contributed by atoms with Crippen molar-refractivity contribution < 1.29 is 19.4 Å². The van der Waals surface area contributed by atoms with Crippen LogP contribution in [0.1, 0.15) is 24.8 Å². The van der Waals surface area contributed by atoms with Crippen molar-refractivity contribution in [3.8, 4) is 23.3 Å². The number of rotatable bonds is 8. The van der Waals surface area contributed by atoms with Gasteiger partial charge in [0, 0.05) is 37.3 Å². The third kappa shape index (κ3) is 6.34. The van der Waals surface area contributed by atoms with E-state index < -0.39 is 6.10 Å². The van der Waals surface area contributed by atoms with Crippen LogP contribution in [0.4, 0.5) is 10.5 Å². The standard InChI is InChI=1S/C26H28ClN5O4/c1-29-26(34)31-22-6-5-19(12-21(22)27)36-24-7-8-30-23-13-25(17(14-28)11-20(23)24)35-16-18(33)15-32-9-3-2-4-10-32/h5-8,11-13,18,33H,2-4,9-10,15-16H2,1H3,(H2,29,31,34)/t18-/m0/s1. The quantitative estimate of drug-likeness (QED) is 0.408. The summed E-state index contributed by atoms with van der Waals surface area (Å²) >= 11 is 6.29. The number of halogens is 1. The minimum absolute atomic E-state index is 0.0851. The zero-order valence-electron chi connectivity index (χ0n) is 20.0. The molecule has 1 saturated heterocycles. The van der Waals surface area contributed by atoms with E-state index in [1.807, 2.05) is 0 Å². The second kappa shape index (κ2) is 11.9. The Balaban J connectivity index is 1.50. The van der Waals surface area contributed by atoms with Gasteiger partial charge in [-0.15, -0.1) is 0 Å². The van der Waals surface area contributed by atoms with Crippen molar-refractivity contribution in [2.45, 2.75) is 25.4 Å². The molecule has 1 fully saturated rings. The minimum atomic E-state index is -0.654. The van der Waals surface area contributed by atoms with Crippen LogP contribution in [-0.2, 0) is 0 Å². The number of nitrogens with one attached hydrogen (secondary N) is 2. The third-order valence-corrected chi connectivity index (χ3v) is 6.23. The number of likely N-dealkylation sites (tertiary alicyclic amines) is 1. The van der Waals surface area contributed by atoms with Gasteiger partial charge in [0.1, 0.15) is 36.0 Å². The van der Waals surface area contributed by atoms with E-state index in [1.54, 1.807) is 42.6 Å². The molecule has 4 rings (SSSR count). The SMILES string of the molecule is CNC(=O)Nc1ccc(Oc2ccnc3cc(OC[C@@H](O)CN4CCCCC4)c(C#N)cc23)cc1Cl. The number of nitriles is 1. The van der Waals surface area contributed by atoms with E-state index >= 15 is 0 Å². The van der Waals surface area contributed by atoms with Gasteiger partial charge in [0.05, 0.1) is 21.8 Å². The minimum Gasteiger partial charge on any atom is -0.489 e. The Hall–Kier alpha value is -3.58. The predicted octanol–water partition coefficient (Wildman–Crippen LogP) is 4.53. The van der Waals surface area contributed by atoms with Crippen molar-refractivity contribution in [3.05, 3.63) is 53.2 Å². The number of nitrogens with zero attached hydrogens (tertiary/aromatic N) is 3. The molecule has 9 nitrogen and oxygen atoms in total. The van der Waals surface area contributed by atoms with Crippen LogP contribution in [0.2, 0.25) is 5.02 Å². The van der Waals surface area contributed by atoms with Gasteiger partial charge >= 0.3 is 6.03 Å². The van der Waals surface area contributed by atoms with E-state index in [9.17, 15) is 15.2 Å². The molecule has 1 aliphatic heterocycles. The van der Waals surface area contributed by atoms with Gasteiger partial charge in [-0.05, 0) is 50.2 Å². The Morgan fingerprint density at radius 1 is 1.22 bits per heavy atom. The van der Waals surface area contributed by atoms with Gasteiger partial charge in [0.2, 0.25) is 0 Å². The largest absolute Gasteiger partial charge is 0.489 e. The normalized spacial score (nSPS) is 14.6. The van der Waals surface area contributed by atoms with E-state index in [1.165, 1.54) is 13.5 Å². The summed E-state index contributed by atoms with van der Waals surface area (Å²) in [5.41, 5.74) is 1.34. The molecule has 188 valence electrons. The summed E-state index contributed by atoms with van der Waals surface area (Å²) in [5.74, 6) is 1.30. The molecule has 2 heterocycles. The number of fused-ring (bicyclic) bond motifs is 1. The second-order valence-electron chi connectivity index (χ2n) is 8.56. The summed E-state index contributed by atoms with van der Waals surface area (Å²) in [4.78, 5) is 18.2. The average molecular weight is 510 g/mol. The number of hydrogen-bond donors (Lipinski definition) is 3. The number of hydrogen-bond acceptors (Lipinski definition) is 7. The molecular weight excluding hydrogens is 482 g/mol. The number of urea groups is 1. The van der Waals surface area contributed by atoms with E-state index in [0.29, 0.717) is 51.0 Å². The first-order valence-electron chi connectivity index (χ1n) is 11.8. The van der Waals surface area contributed by atoms with Gasteiger partial charge < -0.3 is 30.1 Å². The molecule has 0 bridgehead atoms. The Kier molecular flexibility index (Phi) is 8.44. The average Bonchev–Trinajstić information content (AvgIpc) is 2.89. The lowest BCUT2D eigenvalue weighted by molar-refractivity contribution is 0.0617. The molecule has 0 saturated carbocycles. The highest BCUT2D eigenvalue weighted by Gasteiger charge is 2.17. The van der Waals surface area contributed by atoms with Crippen molar-refractivity contribution in [2.75, 3.05) is 38.6 Å². The predicted molar refractivity (Wildman–Crippen MR) is 138 cm³/mol. The lowest BCUT2D eigenvalue weighted by Gasteiger charge is -2.28. The van der Waals surface area contributed by atoms with Crippen molar-refractivity contribution in [1.29, 1.82) is 5.26 Å². The van der Waals surface area contributed by atoms with Crippen LogP contribution in [0.15, 0.2) is 42.6 Å². The summed E-state index contributed by atoms with van der Waals surface area (Å²) in [6.45, 7) is 2.61. The summed E-state index contributed by atoms with van der Waals surface area (Å²) in [6.07, 6.45) is 4.48. The summed E-state index contributed by atoms with van der Waals surface area (Å²) in [7, 11) is 1.51. The Morgan fingerprint density at radius 3 is 2.75 bits per heavy atom. The second-order valence-corrected chi connectivity index (χ2v) is 8.97. The van der Waals surface area contributed by atoms with Gasteiger partial charge in [-0.25, -0.2) is 4.79 Å². The van der Waals surface area contributed by atoms with Gasteiger partial charge in [0.25, 0.3) is 0 Å². The van der Waals surface area contributed by atoms with Gasteiger partial charge in [0.15, 0.2) is 0 Å². The zero-order valence-corrected chi connectivity index (χ0v) is 20.7. The maximum absolute atomic E-state index is 11.5. The fourth-order valence-electron chi connectivity index (χ4n) is 4.10. The lowest BCUT2D eigenvalue weighted by Crippen LogP contribution is -2.38. The maximum Gasteiger partial charge on any atom is 0.319 e. The van der Waals surface area contributed by atoms with Crippen LogP contribution in [0.3, 0.4) is 0 Å². The van der Waals surface area contributed by atoms with Crippen molar-refractivity contribution in [1.82, 2.24) is 15.2 Å². The summed E-state index contributed by atoms with van der Waals surface area (Å²) in [6, 6.07) is 11.7. The highest BCUT2D eigenvalue weighted by Crippen LogP contribution is 2.35. The first-order valence-corrected chi connectivity index (χ1v) is 12.2. The molecule has 0 aliphatic carbocycles. The molecular formula is C26H28ClN5O4. The van der Waals surface area contributed by atoms with E-state index in [0.717, 1.165) is 25.9 Å². The molecule has 0 spiro atoms. The number of carbonyl (C=O) groups excluding carboxylic acids is 1. The number of aromatic nitrogens is 1. The Labute approximate surface area is 214 Å². The van der Waals surface area contributed by atoms with Crippen LogP contribution < -0.4 is 20.1 Å². The molecule has 10 heteroatoms. The number of anilines is 1. The van der Waals surface area contributed by atoms with Crippen LogP contribution in [0.25, 0.3) is 10.9 Å². The number of ether oxygens (including phenoxy) is 2. The van der Waals surface area contributed by atoms with E-state index in [4.69, 9.17) is 21.1 Å². The highest BCUT2D eigenvalue weighted by molar-refractivity contribution is 6.33. The number of piperidine rings is 1. The number of amides is 2. The topological polar surface area (TPSA) is 120 Å². The van der Waals surface area contributed by atoms with Crippen LogP contribution in [-0.4, -0.2) is 60.4 Å². The number of benzene rings is 2. The summed E-state index contributed by atoms with van der Waals surface area (Å²) in [5, 5.41) is 26.2. The number of aliphatic hydroxyl groups is 1. The monoisotopic (exact) mass is 509 g/mol. The van der Waals surface area contributed by atoms with E-state index in [-0.39, 0.29) is 12.6 Å². The van der Waals surface area contributed by atoms with Gasteiger partial charge in [-0.1, -0.05) is 18.0 Å². The van der Waals surface area contributed by atoms with Crippen LogP contribution in [0.5, 0.6) is 17.2 Å². The molecule has 2 aromatic carbocycles. The zero-order chi connectivity index (χ0) is 25.5. The lowest BCUT2D eigenvalue weighted by atomic mass is 10.1. The van der Waals surface area contributed by atoms with Crippen molar-refractivity contribution >= 4 is 34.2 Å². The van der Waals surface area contributed by atoms with E-state index in [2.05, 4.69) is 26.6 Å². The molecule has 1 atom stereocenters. The fraction of sp³-hybridized carbons (Fsp3) is 0.346. The number of β-amino-alcohol motifs (C(OH)–C–C–N with tert-alkyl or cyclic N) is 1. The fourth-order valence-corrected chi connectivity index (χ4v) is 4.31. The first kappa shape index (κ1) is 25.5. The molecule has 36 heavy (non-hydrogen) atoms. The Bertz CT molecular complexity index is 1270. The third-order valence-electron chi connectivity index (χ3n) is 5.92. The molecule has 0 radical (unpaired) electrons. The number of carbonyl (C=O) groups is 1. The Morgan fingerprint density at radius 2 is 2.03 bits per heavy atom. The van der Waals surface area contributed by atoms with Gasteiger partial charge in [-0.3, -0.25) is 4.98 Å². The van der Waals surface area contributed by atoms with Crippen molar-refractivity contribution in [2.24, 2.45) is 0 Å². The van der Waals surface area contributed by atoms with Crippen LogP contribution >= 0.6 is 11.6 Å². The molecule has 0 unspecified atom stereocenters. The number of pyridine rings is 1. The summed E-state index contributed by atoms with van der Waals surface area (Å²) < 4.78 is 11.9. The molecule has 2 amide bonds. The van der Waals surface area contributed by atoms with Crippen molar-refractivity contribution in [3.63, 3.8) is 0 Å². The maximum atomic E-state index is 11.5. The molecule has 1 aromatic heterocycles. The van der Waals surface area contributed by atoms with Gasteiger partial charge in [-0.2, -0.15) is 5.26 Å². The van der Waals surface area contributed by atoms with Crippen LogP contribution in [0, 0.1) is 11.3 Å². The highest BCUT2D eigenvalue weighted by atomic mass is 35.5. The molecule has 3 aromatic rings. The molecule has 3 N–H and O–H groups in total. The first-order chi connectivity index (χ1) is 17.5. The smallest absolute Gasteiger partial charge is 0.319 e. The number of aliphatic hydroxyl groups excluding tert-OH is 1. The molecule has 1 aliphatic rings.